The second-order valence-corrected chi connectivity index (χ2v) is 4.07. The molecule has 0 aliphatic heterocycles. The van der Waals surface area contributed by atoms with Gasteiger partial charge in [0.15, 0.2) is 18.1 Å². The van der Waals surface area contributed by atoms with Crippen LogP contribution in [0, 0.1) is 11.3 Å². The Labute approximate surface area is 118 Å². The number of carbonyl (C=O) groups excluding carboxylic acids is 1. The normalized spacial score (nSPS) is 9.95. The van der Waals surface area contributed by atoms with Crippen molar-refractivity contribution in [2.75, 3.05) is 13.7 Å². The molecule has 100 valence electrons. The van der Waals surface area contributed by atoms with Crippen molar-refractivity contribution in [3.8, 4) is 17.6 Å². The zero-order chi connectivity index (χ0) is 14.3. The van der Waals surface area contributed by atoms with E-state index in [1.165, 1.54) is 13.3 Å². The molecule has 1 aromatic carbocycles. The number of hydrogen-bond donors (Lipinski definition) is 2. The number of methoxy groups -OCH3 is 1. The lowest BCUT2D eigenvalue weighted by molar-refractivity contribution is 0.249. The average molecular weight is 327 g/mol. The van der Waals surface area contributed by atoms with Crippen LogP contribution >= 0.6 is 15.9 Å². The number of urea groups is 1. The zero-order valence-corrected chi connectivity index (χ0v) is 11.6. The van der Waals surface area contributed by atoms with E-state index in [0.717, 1.165) is 0 Å². The van der Waals surface area contributed by atoms with Crippen LogP contribution in [0.5, 0.6) is 11.5 Å². The number of nitrogens with zero attached hydrogens (tertiary/aromatic N) is 2. The molecule has 0 aromatic heterocycles. The van der Waals surface area contributed by atoms with Gasteiger partial charge >= 0.3 is 6.03 Å². The molecule has 0 spiro atoms. The summed E-state index contributed by atoms with van der Waals surface area (Å²) in [5.41, 5.74) is 7.61. The van der Waals surface area contributed by atoms with E-state index < -0.39 is 6.03 Å². The summed E-state index contributed by atoms with van der Waals surface area (Å²) in [5.74, 6) is 0.856. The van der Waals surface area contributed by atoms with Gasteiger partial charge in [0.25, 0.3) is 0 Å². The van der Waals surface area contributed by atoms with E-state index in [9.17, 15) is 4.79 Å². The van der Waals surface area contributed by atoms with Gasteiger partial charge in [0.2, 0.25) is 0 Å². The Kier molecular flexibility index (Phi) is 5.63. The van der Waals surface area contributed by atoms with E-state index in [1.54, 1.807) is 12.1 Å². The molecule has 3 N–H and O–H groups in total. The van der Waals surface area contributed by atoms with Crippen molar-refractivity contribution in [2.24, 2.45) is 10.8 Å². The lowest BCUT2D eigenvalue weighted by Crippen LogP contribution is -2.24. The Bertz CT molecular complexity index is 539. The van der Waals surface area contributed by atoms with Gasteiger partial charge in [-0.2, -0.15) is 10.4 Å². The molecule has 0 bridgehead atoms. The molecule has 0 atom stereocenters. The van der Waals surface area contributed by atoms with Crippen LogP contribution in [0.2, 0.25) is 0 Å². The number of nitriles is 1. The Morgan fingerprint density at radius 2 is 2.42 bits per heavy atom. The zero-order valence-electron chi connectivity index (χ0n) is 10.0. The fourth-order valence-electron chi connectivity index (χ4n) is 1.23. The molecule has 1 aromatic rings. The molecular weight excluding hydrogens is 316 g/mol. The Hall–Kier alpha value is -2.27. The van der Waals surface area contributed by atoms with Gasteiger partial charge in [-0.15, -0.1) is 0 Å². The Balaban J connectivity index is 2.99. The van der Waals surface area contributed by atoms with Gasteiger partial charge < -0.3 is 15.2 Å². The molecule has 0 unspecified atom stereocenters. The molecule has 8 heteroatoms. The molecule has 1 rings (SSSR count). The number of nitrogens with one attached hydrogen (secondary N) is 1. The Morgan fingerprint density at radius 3 is 3.00 bits per heavy atom. The second-order valence-electron chi connectivity index (χ2n) is 3.22. The van der Waals surface area contributed by atoms with Crippen molar-refractivity contribution < 1.29 is 14.3 Å². The maximum absolute atomic E-state index is 10.5. The summed E-state index contributed by atoms with van der Waals surface area (Å²) in [5, 5.41) is 12.1. The first kappa shape index (κ1) is 14.8. The summed E-state index contributed by atoms with van der Waals surface area (Å²) in [6.45, 7) is -0.0916. The van der Waals surface area contributed by atoms with Gasteiger partial charge in [-0.05, 0) is 33.6 Å². The molecule has 0 fully saturated rings. The van der Waals surface area contributed by atoms with Gasteiger partial charge in [0.1, 0.15) is 6.07 Å². The van der Waals surface area contributed by atoms with Crippen LogP contribution in [0.4, 0.5) is 4.79 Å². The van der Waals surface area contributed by atoms with Gasteiger partial charge in [0, 0.05) is 0 Å². The topological polar surface area (TPSA) is 110 Å². The van der Waals surface area contributed by atoms with E-state index in [4.69, 9.17) is 20.5 Å². The number of nitrogens with two attached hydrogens (primary N) is 1. The first-order valence-corrected chi connectivity index (χ1v) is 5.83. The quantitative estimate of drug-likeness (QED) is 0.628. The second kappa shape index (κ2) is 7.23. The molecule has 0 aliphatic carbocycles. The summed E-state index contributed by atoms with van der Waals surface area (Å²) in [7, 11) is 1.48. The van der Waals surface area contributed by atoms with Crippen LogP contribution in [-0.2, 0) is 0 Å². The third-order valence-corrected chi connectivity index (χ3v) is 2.51. The van der Waals surface area contributed by atoms with Gasteiger partial charge in [-0.25, -0.2) is 10.2 Å². The first-order chi connectivity index (χ1) is 9.08. The summed E-state index contributed by atoms with van der Waals surface area (Å²) < 4.78 is 11.0. The van der Waals surface area contributed by atoms with Crippen molar-refractivity contribution in [3.63, 3.8) is 0 Å². The monoisotopic (exact) mass is 326 g/mol. The van der Waals surface area contributed by atoms with Crippen LogP contribution in [0.1, 0.15) is 5.56 Å². The third-order valence-electron chi connectivity index (χ3n) is 1.92. The largest absolute Gasteiger partial charge is 0.493 e. The summed E-state index contributed by atoms with van der Waals surface area (Å²) in [6, 6.07) is 4.45. The number of hydrogen-bond acceptors (Lipinski definition) is 5. The highest BCUT2D eigenvalue weighted by molar-refractivity contribution is 9.10. The van der Waals surface area contributed by atoms with E-state index >= 15 is 0 Å². The molecule has 0 heterocycles. The van der Waals surface area contributed by atoms with Crippen molar-refractivity contribution in [3.05, 3.63) is 22.2 Å². The molecule has 0 saturated carbocycles. The van der Waals surface area contributed by atoms with E-state index in [2.05, 4.69) is 26.5 Å². The number of carbonyl (C=O) groups is 1. The fraction of sp³-hybridized carbons (Fsp3) is 0.182. The number of amides is 2. The summed E-state index contributed by atoms with van der Waals surface area (Å²) >= 11 is 3.30. The predicted octanol–water partition coefficient (Wildman–Crippen LogP) is 1.36. The molecule has 2 amide bonds. The molecular formula is C11H11BrN4O3. The number of primary amides is 1. The van der Waals surface area contributed by atoms with Gasteiger partial charge in [-0.3, -0.25) is 0 Å². The molecule has 19 heavy (non-hydrogen) atoms. The third kappa shape index (κ3) is 4.48. The fourth-order valence-corrected chi connectivity index (χ4v) is 1.80. The lowest BCUT2D eigenvalue weighted by Gasteiger charge is -2.11. The van der Waals surface area contributed by atoms with Gasteiger partial charge in [0.05, 0.1) is 17.8 Å². The number of hydrazone groups is 1. The van der Waals surface area contributed by atoms with E-state index in [-0.39, 0.29) is 6.61 Å². The summed E-state index contributed by atoms with van der Waals surface area (Å²) in [6.07, 6.45) is 1.39. The molecule has 7 nitrogen and oxygen atoms in total. The van der Waals surface area contributed by atoms with Gasteiger partial charge in [-0.1, -0.05) is 0 Å². The lowest BCUT2D eigenvalue weighted by atomic mass is 10.2. The highest BCUT2D eigenvalue weighted by Gasteiger charge is 2.10. The minimum Gasteiger partial charge on any atom is -0.493 e. The maximum atomic E-state index is 10.5. The number of rotatable bonds is 5. The maximum Gasteiger partial charge on any atom is 0.332 e. The standard InChI is InChI=1S/C11H11BrN4O3/c1-18-9-5-7(6-15-16-11(14)17)4-8(12)10(9)19-3-2-13/h4-6H,3H2,1H3,(H3,14,16,17)/b15-6-. The smallest absolute Gasteiger partial charge is 0.332 e. The van der Waals surface area contributed by atoms with Crippen LogP contribution in [0.25, 0.3) is 0 Å². The SMILES string of the molecule is COc1cc(/C=N\NC(N)=O)cc(Br)c1OCC#N. The number of halogens is 1. The van der Waals surface area contributed by atoms with Crippen LogP contribution in [0.15, 0.2) is 21.7 Å². The Morgan fingerprint density at radius 1 is 1.68 bits per heavy atom. The van der Waals surface area contributed by atoms with Crippen molar-refractivity contribution in [1.29, 1.82) is 5.26 Å². The van der Waals surface area contributed by atoms with Crippen LogP contribution < -0.4 is 20.6 Å². The summed E-state index contributed by atoms with van der Waals surface area (Å²) in [4.78, 5) is 10.5. The minimum atomic E-state index is -0.753. The molecule has 0 aliphatic rings. The van der Waals surface area contributed by atoms with E-state index in [0.29, 0.717) is 21.5 Å². The van der Waals surface area contributed by atoms with Crippen molar-refractivity contribution in [1.82, 2.24) is 5.43 Å². The minimum absolute atomic E-state index is 0.0916. The number of benzene rings is 1. The molecule has 0 radical (unpaired) electrons. The van der Waals surface area contributed by atoms with Crippen LogP contribution in [-0.4, -0.2) is 26.0 Å². The molecule has 0 saturated heterocycles. The predicted molar refractivity (Wildman–Crippen MR) is 72.1 cm³/mol. The highest BCUT2D eigenvalue weighted by Crippen LogP contribution is 2.36. The van der Waals surface area contributed by atoms with Crippen molar-refractivity contribution in [2.45, 2.75) is 0 Å². The van der Waals surface area contributed by atoms with E-state index in [1.807, 2.05) is 6.07 Å². The highest BCUT2D eigenvalue weighted by atomic mass is 79.9. The average Bonchev–Trinajstić information content (AvgIpc) is 2.36. The van der Waals surface area contributed by atoms with Crippen molar-refractivity contribution >= 4 is 28.2 Å². The first-order valence-electron chi connectivity index (χ1n) is 5.04. The number of ether oxygens (including phenoxy) is 2. The van der Waals surface area contributed by atoms with Crippen LogP contribution in [0.3, 0.4) is 0 Å².